The Hall–Kier alpha value is -3.00. The normalized spacial score (nSPS) is 13.0. The molecule has 0 spiro atoms. The van der Waals surface area contributed by atoms with Crippen molar-refractivity contribution in [3.8, 4) is 0 Å². The minimum atomic E-state index is -0.978. The molecule has 0 aliphatic heterocycles. The zero-order valence-electron chi connectivity index (χ0n) is 22.3. The van der Waals surface area contributed by atoms with Crippen molar-refractivity contribution in [3.05, 3.63) is 65.2 Å². The molecule has 0 fully saturated rings. The second kappa shape index (κ2) is 12.8. The van der Waals surface area contributed by atoms with Gasteiger partial charge in [0.2, 0.25) is 5.91 Å². The van der Waals surface area contributed by atoms with Crippen LogP contribution in [0, 0.1) is 6.92 Å². The molecule has 0 aromatic heterocycles. The first kappa shape index (κ1) is 29.2. The first-order valence-electron chi connectivity index (χ1n) is 12.3. The Kier molecular flexibility index (Phi) is 10.4. The van der Waals surface area contributed by atoms with Gasteiger partial charge in [0.15, 0.2) is 0 Å². The van der Waals surface area contributed by atoms with Crippen molar-refractivity contribution < 1.29 is 19.1 Å². The topological polar surface area (TPSA) is 87.7 Å². The van der Waals surface area contributed by atoms with E-state index in [9.17, 15) is 14.4 Å². The van der Waals surface area contributed by atoms with Crippen molar-refractivity contribution in [2.24, 2.45) is 0 Å². The molecule has 2 atom stereocenters. The molecule has 2 rings (SSSR count). The molecule has 2 aromatic carbocycles. The number of benzene rings is 2. The highest BCUT2D eigenvalue weighted by Gasteiger charge is 2.37. The number of nitrogens with one attached hydrogen (secondary N) is 2. The quantitative estimate of drug-likeness (QED) is 0.397. The van der Waals surface area contributed by atoms with E-state index in [1.165, 1.54) is 4.90 Å². The fourth-order valence-electron chi connectivity index (χ4n) is 3.78. The van der Waals surface area contributed by atoms with Gasteiger partial charge in [0.05, 0.1) is 0 Å². The second-order valence-electron chi connectivity index (χ2n) is 10.0. The zero-order chi connectivity index (χ0) is 27.0. The van der Waals surface area contributed by atoms with Gasteiger partial charge in [-0.1, -0.05) is 49.4 Å². The van der Waals surface area contributed by atoms with E-state index in [2.05, 4.69) is 30.2 Å². The minimum absolute atomic E-state index is 0.0439. The van der Waals surface area contributed by atoms with E-state index in [0.717, 1.165) is 17.5 Å². The number of alkyl carbamates (subject to hydrolysis) is 1. The standard InChI is InChI=1S/C28H39N3O4S/c1-8-20-13-15-21(16-14-20)24(25(32)29-22-12-10-9-11-19(22)4)31(18(2)3)26(33)23(17-36)30-27(34)35-28(5,6)7/h9-16,18,23-24,36H,8,17H2,1-7H3,(H,29,32)(H,30,34). The number of para-hydroxylation sites is 1. The van der Waals surface area contributed by atoms with Gasteiger partial charge in [-0.05, 0) is 70.7 Å². The molecule has 0 bridgehead atoms. The van der Waals surface area contributed by atoms with Crippen LogP contribution in [-0.4, -0.2) is 46.2 Å². The summed E-state index contributed by atoms with van der Waals surface area (Å²) < 4.78 is 5.34. The first-order valence-corrected chi connectivity index (χ1v) is 12.9. The molecule has 7 nitrogen and oxygen atoms in total. The number of carbonyl (C=O) groups excluding carboxylic acids is 3. The Morgan fingerprint density at radius 1 is 1.03 bits per heavy atom. The lowest BCUT2D eigenvalue weighted by molar-refractivity contribution is -0.142. The Labute approximate surface area is 220 Å². The van der Waals surface area contributed by atoms with Gasteiger partial charge < -0.3 is 20.3 Å². The molecular weight excluding hydrogens is 474 g/mol. The summed E-state index contributed by atoms with van der Waals surface area (Å²) in [5, 5.41) is 5.61. The molecule has 8 heteroatoms. The smallest absolute Gasteiger partial charge is 0.408 e. The van der Waals surface area contributed by atoms with Crippen LogP contribution in [0.2, 0.25) is 0 Å². The SMILES string of the molecule is CCc1ccc(C(C(=O)Nc2ccccc2C)N(C(=O)C(CS)NC(=O)OC(C)(C)C)C(C)C)cc1. The van der Waals surface area contributed by atoms with Crippen LogP contribution in [0.25, 0.3) is 0 Å². The van der Waals surface area contributed by atoms with E-state index in [0.29, 0.717) is 11.3 Å². The monoisotopic (exact) mass is 513 g/mol. The van der Waals surface area contributed by atoms with Crippen LogP contribution >= 0.6 is 12.6 Å². The largest absolute Gasteiger partial charge is 0.444 e. The van der Waals surface area contributed by atoms with Crippen LogP contribution in [0.4, 0.5) is 10.5 Å². The van der Waals surface area contributed by atoms with Crippen molar-refractivity contribution in [1.82, 2.24) is 10.2 Å². The van der Waals surface area contributed by atoms with Crippen LogP contribution in [0.15, 0.2) is 48.5 Å². The molecule has 2 unspecified atom stereocenters. The predicted octanol–water partition coefficient (Wildman–Crippen LogP) is 5.30. The van der Waals surface area contributed by atoms with Crippen LogP contribution in [-0.2, 0) is 20.7 Å². The number of rotatable bonds is 9. The van der Waals surface area contributed by atoms with Crippen LogP contribution < -0.4 is 10.6 Å². The fourth-order valence-corrected chi connectivity index (χ4v) is 4.03. The lowest BCUT2D eigenvalue weighted by Gasteiger charge is -2.37. The van der Waals surface area contributed by atoms with E-state index >= 15 is 0 Å². The van der Waals surface area contributed by atoms with Crippen molar-refractivity contribution >= 4 is 36.2 Å². The van der Waals surface area contributed by atoms with E-state index in [4.69, 9.17) is 4.74 Å². The van der Waals surface area contributed by atoms with Crippen LogP contribution in [0.1, 0.15) is 64.3 Å². The molecule has 0 saturated carbocycles. The second-order valence-corrected chi connectivity index (χ2v) is 10.4. The molecule has 36 heavy (non-hydrogen) atoms. The highest BCUT2D eigenvalue weighted by molar-refractivity contribution is 7.80. The maximum atomic E-state index is 13.8. The molecule has 0 radical (unpaired) electrons. The predicted molar refractivity (Wildman–Crippen MR) is 147 cm³/mol. The number of anilines is 1. The number of amides is 3. The minimum Gasteiger partial charge on any atom is -0.444 e. The zero-order valence-corrected chi connectivity index (χ0v) is 23.2. The van der Waals surface area contributed by atoms with E-state index < -0.39 is 29.7 Å². The molecule has 0 aliphatic carbocycles. The third-order valence-electron chi connectivity index (χ3n) is 5.62. The third kappa shape index (κ3) is 8.01. The van der Waals surface area contributed by atoms with Gasteiger partial charge >= 0.3 is 6.09 Å². The summed E-state index contributed by atoms with van der Waals surface area (Å²) in [5.41, 5.74) is 2.66. The number of nitrogens with zero attached hydrogens (tertiary/aromatic N) is 1. The molecule has 3 amide bonds. The van der Waals surface area contributed by atoms with Gasteiger partial charge in [-0.15, -0.1) is 0 Å². The van der Waals surface area contributed by atoms with Gasteiger partial charge in [-0.3, -0.25) is 9.59 Å². The summed E-state index contributed by atoms with van der Waals surface area (Å²) >= 11 is 4.31. The Morgan fingerprint density at radius 2 is 1.64 bits per heavy atom. The molecule has 0 saturated heterocycles. The van der Waals surface area contributed by atoms with Gasteiger partial charge in [0.25, 0.3) is 5.91 Å². The molecular formula is C28H39N3O4S. The molecule has 2 aromatic rings. The number of ether oxygens (including phenoxy) is 1. The Bertz CT molecular complexity index is 1050. The van der Waals surface area contributed by atoms with E-state index in [1.54, 1.807) is 20.8 Å². The molecule has 196 valence electrons. The first-order chi connectivity index (χ1) is 16.9. The van der Waals surface area contributed by atoms with Gasteiger partial charge in [0.1, 0.15) is 17.7 Å². The molecule has 2 N–H and O–H groups in total. The summed E-state index contributed by atoms with van der Waals surface area (Å²) in [6, 6.07) is 12.9. The summed E-state index contributed by atoms with van der Waals surface area (Å²) in [7, 11) is 0. The average Bonchev–Trinajstić information content (AvgIpc) is 2.80. The van der Waals surface area contributed by atoms with E-state index in [1.807, 2.05) is 69.3 Å². The Balaban J connectivity index is 2.47. The summed E-state index contributed by atoms with van der Waals surface area (Å²) in [6.45, 7) is 12.9. The van der Waals surface area contributed by atoms with Crippen molar-refractivity contribution in [1.29, 1.82) is 0 Å². The Morgan fingerprint density at radius 3 is 2.14 bits per heavy atom. The molecule has 0 aliphatic rings. The maximum Gasteiger partial charge on any atom is 0.408 e. The van der Waals surface area contributed by atoms with Crippen LogP contribution in [0.5, 0.6) is 0 Å². The van der Waals surface area contributed by atoms with Gasteiger partial charge in [0, 0.05) is 17.5 Å². The fraction of sp³-hybridized carbons (Fsp3) is 0.464. The van der Waals surface area contributed by atoms with Crippen molar-refractivity contribution in [3.63, 3.8) is 0 Å². The number of carbonyl (C=O) groups is 3. The van der Waals surface area contributed by atoms with Crippen molar-refractivity contribution in [2.75, 3.05) is 11.1 Å². The number of aryl methyl sites for hydroxylation is 2. The van der Waals surface area contributed by atoms with Crippen LogP contribution in [0.3, 0.4) is 0 Å². The lowest BCUT2D eigenvalue weighted by Crippen LogP contribution is -2.55. The maximum absolute atomic E-state index is 13.8. The average molecular weight is 514 g/mol. The highest BCUT2D eigenvalue weighted by Crippen LogP contribution is 2.28. The molecule has 0 heterocycles. The third-order valence-corrected chi connectivity index (χ3v) is 5.98. The number of hydrogen-bond donors (Lipinski definition) is 3. The number of hydrogen-bond acceptors (Lipinski definition) is 5. The van der Waals surface area contributed by atoms with Crippen molar-refractivity contribution in [2.45, 2.75) is 78.6 Å². The van der Waals surface area contributed by atoms with Gasteiger partial charge in [-0.2, -0.15) is 12.6 Å². The highest BCUT2D eigenvalue weighted by atomic mass is 32.1. The summed E-state index contributed by atoms with van der Waals surface area (Å²) in [6.07, 6.45) is 0.140. The lowest BCUT2D eigenvalue weighted by atomic mass is 9.99. The summed E-state index contributed by atoms with van der Waals surface area (Å²) in [5.74, 6) is -0.719. The van der Waals surface area contributed by atoms with Gasteiger partial charge in [-0.25, -0.2) is 4.79 Å². The summed E-state index contributed by atoms with van der Waals surface area (Å²) in [4.78, 5) is 41.5. The van der Waals surface area contributed by atoms with E-state index in [-0.39, 0.29) is 17.7 Å². The number of thiol groups is 1.